The molecule has 0 saturated carbocycles. The highest BCUT2D eigenvalue weighted by Crippen LogP contribution is 2.25. The SMILES string of the molecule is Cc1ccccc1Nc1ncc(Br)c(Nc2ccon2)n1. The third-order valence-corrected chi connectivity index (χ3v) is 3.40. The zero-order valence-electron chi connectivity index (χ0n) is 11.2. The van der Waals surface area contributed by atoms with Crippen LogP contribution in [0.4, 0.5) is 23.3 Å². The number of aryl methyl sites for hydroxylation is 1. The van der Waals surface area contributed by atoms with E-state index < -0.39 is 0 Å². The van der Waals surface area contributed by atoms with E-state index in [4.69, 9.17) is 4.52 Å². The van der Waals surface area contributed by atoms with E-state index in [1.54, 1.807) is 12.3 Å². The summed E-state index contributed by atoms with van der Waals surface area (Å²) >= 11 is 3.40. The Morgan fingerprint density at radius 2 is 2.00 bits per heavy atom. The van der Waals surface area contributed by atoms with E-state index in [2.05, 4.69) is 41.7 Å². The second-order valence-electron chi connectivity index (χ2n) is 4.34. The second kappa shape index (κ2) is 5.92. The van der Waals surface area contributed by atoms with Crippen molar-refractivity contribution in [1.29, 1.82) is 0 Å². The third kappa shape index (κ3) is 3.19. The normalized spacial score (nSPS) is 10.4. The quantitative estimate of drug-likeness (QED) is 0.743. The maximum absolute atomic E-state index is 4.78. The molecule has 2 heterocycles. The second-order valence-corrected chi connectivity index (χ2v) is 5.19. The third-order valence-electron chi connectivity index (χ3n) is 2.82. The molecule has 6 nitrogen and oxygen atoms in total. The van der Waals surface area contributed by atoms with Crippen LogP contribution in [0, 0.1) is 6.92 Å². The number of halogens is 1. The number of anilines is 4. The molecule has 0 unspecified atom stereocenters. The molecule has 0 spiro atoms. The average molecular weight is 346 g/mol. The Morgan fingerprint density at radius 1 is 1.14 bits per heavy atom. The van der Waals surface area contributed by atoms with Crippen molar-refractivity contribution in [2.75, 3.05) is 10.6 Å². The van der Waals surface area contributed by atoms with Gasteiger partial charge in [0.15, 0.2) is 11.6 Å². The summed E-state index contributed by atoms with van der Waals surface area (Å²) in [7, 11) is 0. The van der Waals surface area contributed by atoms with E-state index in [-0.39, 0.29) is 0 Å². The maximum Gasteiger partial charge on any atom is 0.229 e. The summed E-state index contributed by atoms with van der Waals surface area (Å²) < 4.78 is 5.52. The number of nitrogens with zero attached hydrogens (tertiary/aromatic N) is 3. The van der Waals surface area contributed by atoms with E-state index in [1.807, 2.05) is 31.2 Å². The molecule has 21 heavy (non-hydrogen) atoms. The van der Waals surface area contributed by atoms with Gasteiger partial charge in [0.25, 0.3) is 0 Å². The lowest BCUT2D eigenvalue weighted by Crippen LogP contribution is -2.02. The predicted molar refractivity (Wildman–Crippen MR) is 84.0 cm³/mol. The van der Waals surface area contributed by atoms with Crippen LogP contribution in [0.1, 0.15) is 5.56 Å². The van der Waals surface area contributed by atoms with Gasteiger partial charge in [0.05, 0.1) is 4.47 Å². The zero-order valence-corrected chi connectivity index (χ0v) is 12.8. The molecule has 0 aliphatic rings. The van der Waals surface area contributed by atoms with Crippen molar-refractivity contribution in [3.63, 3.8) is 0 Å². The van der Waals surface area contributed by atoms with Crippen molar-refractivity contribution < 1.29 is 4.52 Å². The van der Waals surface area contributed by atoms with E-state index >= 15 is 0 Å². The van der Waals surface area contributed by atoms with Crippen LogP contribution >= 0.6 is 15.9 Å². The molecule has 3 aromatic rings. The Bertz CT molecular complexity index is 745. The predicted octanol–water partition coefficient (Wildman–Crippen LogP) is 4.02. The molecule has 0 radical (unpaired) electrons. The Hall–Kier alpha value is -2.41. The Kier molecular flexibility index (Phi) is 3.83. The summed E-state index contributed by atoms with van der Waals surface area (Å²) in [6, 6.07) is 9.66. The number of aromatic nitrogens is 3. The fourth-order valence-corrected chi connectivity index (χ4v) is 2.04. The number of rotatable bonds is 4. The van der Waals surface area contributed by atoms with Gasteiger partial charge in [0, 0.05) is 18.0 Å². The van der Waals surface area contributed by atoms with Crippen LogP contribution in [0.5, 0.6) is 0 Å². The molecule has 0 atom stereocenters. The van der Waals surface area contributed by atoms with E-state index in [9.17, 15) is 0 Å². The van der Waals surface area contributed by atoms with E-state index in [1.165, 1.54) is 6.26 Å². The molecule has 0 aliphatic heterocycles. The van der Waals surface area contributed by atoms with Crippen molar-refractivity contribution in [2.24, 2.45) is 0 Å². The fraction of sp³-hybridized carbons (Fsp3) is 0.0714. The summed E-state index contributed by atoms with van der Waals surface area (Å²) in [5.41, 5.74) is 2.09. The van der Waals surface area contributed by atoms with Gasteiger partial charge in [0.2, 0.25) is 5.95 Å². The number of hydrogen-bond acceptors (Lipinski definition) is 6. The maximum atomic E-state index is 4.78. The minimum Gasteiger partial charge on any atom is -0.363 e. The largest absolute Gasteiger partial charge is 0.363 e. The number of nitrogens with one attached hydrogen (secondary N) is 2. The Labute approximate surface area is 129 Å². The average Bonchev–Trinajstić information content (AvgIpc) is 2.98. The highest BCUT2D eigenvalue weighted by Gasteiger charge is 2.08. The standard InChI is InChI=1S/C14H12BrN5O/c1-9-4-2-3-5-11(9)17-14-16-8-10(15)13(19-14)18-12-6-7-21-20-12/h2-8H,1H3,(H2,16,17,18,19,20). The van der Waals surface area contributed by atoms with Gasteiger partial charge in [0.1, 0.15) is 6.26 Å². The van der Waals surface area contributed by atoms with E-state index in [0.29, 0.717) is 17.6 Å². The summed E-state index contributed by atoms with van der Waals surface area (Å²) in [5.74, 6) is 1.68. The first-order chi connectivity index (χ1) is 10.2. The van der Waals surface area contributed by atoms with Gasteiger partial charge in [-0.05, 0) is 34.5 Å². The number of hydrogen-bond donors (Lipinski definition) is 2. The van der Waals surface area contributed by atoms with Crippen LogP contribution < -0.4 is 10.6 Å². The lowest BCUT2D eigenvalue weighted by atomic mass is 10.2. The molecule has 0 amide bonds. The van der Waals surface area contributed by atoms with Gasteiger partial charge in [-0.2, -0.15) is 4.98 Å². The van der Waals surface area contributed by atoms with Crippen molar-refractivity contribution in [3.05, 3.63) is 52.8 Å². The van der Waals surface area contributed by atoms with Crippen LogP contribution in [-0.2, 0) is 0 Å². The molecule has 0 aliphatic carbocycles. The van der Waals surface area contributed by atoms with Gasteiger partial charge in [-0.1, -0.05) is 23.4 Å². The fourth-order valence-electron chi connectivity index (χ4n) is 1.75. The van der Waals surface area contributed by atoms with Crippen LogP contribution in [0.2, 0.25) is 0 Å². The van der Waals surface area contributed by atoms with Crippen LogP contribution in [0.25, 0.3) is 0 Å². The molecular weight excluding hydrogens is 334 g/mol. The molecule has 7 heteroatoms. The molecule has 2 aromatic heterocycles. The van der Waals surface area contributed by atoms with Crippen molar-refractivity contribution in [2.45, 2.75) is 6.92 Å². The molecule has 1 aromatic carbocycles. The topological polar surface area (TPSA) is 75.9 Å². The molecule has 0 bridgehead atoms. The van der Waals surface area contributed by atoms with Crippen molar-refractivity contribution in [1.82, 2.24) is 15.1 Å². The molecule has 0 saturated heterocycles. The summed E-state index contributed by atoms with van der Waals surface area (Å²) in [6.07, 6.45) is 3.17. The van der Waals surface area contributed by atoms with Crippen LogP contribution in [0.3, 0.4) is 0 Å². The summed E-state index contributed by atoms with van der Waals surface area (Å²) in [4.78, 5) is 8.67. The first-order valence-corrected chi connectivity index (χ1v) is 7.04. The minimum atomic E-state index is 0.499. The monoisotopic (exact) mass is 345 g/mol. The molecular formula is C14H12BrN5O. The first-order valence-electron chi connectivity index (χ1n) is 6.25. The summed E-state index contributed by atoms with van der Waals surface area (Å²) in [6.45, 7) is 2.02. The molecule has 3 rings (SSSR count). The summed E-state index contributed by atoms with van der Waals surface area (Å²) in [5, 5.41) is 10.0. The van der Waals surface area contributed by atoms with Crippen LogP contribution in [0.15, 0.2) is 51.8 Å². The van der Waals surface area contributed by atoms with E-state index in [0.717, 1.165) is 15.7 Å². The van der Waals surface area contributed by atoms with Gasteiger partial charge in [-0.15, -0.1) is 0 Å². The smallest absolute Gasteiger partial charge is 0.229 e. The zero-order chi connectivity index (χ0) is 14.7. The van der Waals surface area contributed by atoms with Gasteiger partial charge in [-0.3, -0.25) is 0 Å². The molecule has 0 fully saturated rings. The lowest BCUT2D eigenvalue weighted by molar-refractivity contribution is 0.423. The first kappa shape index (κ1) is 13.6. The lowest BCUT2D eigenvalue weighted by Gasteiger charge is -2.10. The van der Waals surface area contributed by atoms with Crippen molar-refractivity contribution in [3.8, 4) is 0 Å². The highest BCUT2D eigenvalue weighted by molar-refractivity contribution is 9.10. The Morgan fingerprint density at radius 3 is 2.76 bits per heavy atom. The molecule has 2 N–H and O–H groups in total. The number of benzene rings is 1. The van der Waals surface area contributed by atoms with Gasteiger partial charge >= 0.3 is 0 Å². The molecule has 106 valence electrons. The van der Waals surface area contributed by atoms with Gasteiger partial charge in [-0.25, -0.2) is 4.98 Å². The Balaban J connectivity index is 1.85. The highest BCUT2D eigenvalue weighted by atomic mass is 79.9. The minimum absolute atomic E-state index is 0.499. The van der Waals surface area contributed by atoms with Gasteiger partial charge < -0.3 is 15.2 Å². The van der Waals surface area contributed by atoms with Crippen molar-refractivity contribution >= 4 is 39.2 Å². The van der Waals surface area contributed by atoms with Crippen LogP contribution in [-0.4, -0.2) is 15.1 Å². The number of para-hydroxylation sites is 1.